The third kappa shape index (κ3) is 3.33. The van der Waals surface area contributed by atoms with Crippen molar-refractivity contribution in [3.05, 3.63) is 53.3 Å². The molecule has 0 saturated carbocycles. The topological polar surface area (TPSA) is 36.4 Å². The molecule has 1 aromatic heterocycles. The fourth-order valence-electron chi connectivity index (χ4n) is 2.37. The molecule has 1 saturated heterocycles. The van der Waals surface area contributed by atoms with E-state index in [1.807, 2.05) is 5.38 Å². The molecule has 0 aliphatic carbocycles. The molecule has 0 unspecified atom stereocenters. The molecule has 0 atom stereocenters. The number of amides is 1. The number of hydrogen-bond donors (Lipinski definition) is 0. The van der Waals surface area contributed by atoms with Gasteiger partial charge in [0.2, 0.25) is 5.91 Å². The lowest BCUT2D eigenvalue weighted by Crippen LogP contribution is -2.48. The minimum absolute atomic E-state index is 0.0814. The Kier molecular flexibility index (Phi) is 4.48. The van der Waals surface area contributed by atoms with Crippen molar-refractivity contribution < 1.29 is 9.18 Å². The molecule has 22 heavy (non-hydrogen) atoms. The highest BCUT2D eigenvalue weighted by molar-refractivity contribution is 7.13. The molecular weight excluding hydrogens is 301 g/mol. The van der Waals surface area contributed by atoms with Crippen molar-refractivity contribution in [1.29, 1.82) is 0 Å². The zero-order valence-electron chi connectivity index (χ0n) is 12.0. The van der Waals surface area contributed by atoms with E-state index >= 15 is 0 Å². The monoisotopic (exact) mass is 317 g/mol. The van der Waals surface area contributed by atoms with Crippen LogP contribution in [0, 0.1) is 5.82 Å². The zero-order valence-corrected chi connectivity index (χ0v) is 12.8. The number of halogens is 1. The number of thiazole rings is 1. The Balaban J connectivity index is 1.57. The Labute approximate surface area is 132 Å². The van der Waals surface area contributed by atoms with Crippen LogP contribution in [0.1, 0.15) is 5.56 Å². The number of anilines is 1. The largest absolute Gasteiger partial charge is 0.345 e. The molecule has 2 aromatic rings. The van der Waals surface area contributed by atoms with E-state index in [0.717, 1.165) is 18.2 Å². The first-order valence-corrected chi connectivity index (χ1v) is 7.98. The van der Waals surface area contributed by atoms with Crippen molar-refractivity contribution in [2.75, 3.05) is 31.1 Å². The van der Waals surface area contributed by atoms with Crippen LogP contribution in [0.25, 0.3) is 6.08 Å². The van der Waals surface area contributed by atoms with Crippen LogP contribution in [0.5, 0.6) is 0 Å². The molecule has 0 bridgehead atoms. The summed E-state index contributed by atoms with van der Waals surface area (Å²) in [6.07, 6.45) is 4.76. The lowest BCUT2D eigenvalue weighted by molar-refractivity contribution is -0.126. The first-order chi connectivity index (χ1) is 10.7. The molecule has 114 valence electrons. The molecule has 1 aliphatic rings. The maximum atomic E-state index is 13.5. The molecule has 6 heteroatoms. The lowest BCUT2D eigenvalue weighted by Gasteiger charge is -2.34. The second-order valence-electron chi connectivity index (χ2n) is 4.98. The first-order valence-electron chi connectivity index (χ1n) is 7.10. The summed E-state index contributed by atoms with van der Waals surface area (Å²) in [4.78, 5) is 20.4. The smallest absolute Gasteiger partial charge is 0.246 e. The summed E-state index contributed by atoms with van der Waals surface area (Å²) < 4.78 is 13.5. The fourth-order valence-corrected chi connectivity index (χ4v) is 3.06. The van der Waals surface area contributed by atoms with E-state index in [0.29, 0.717) is 18.7 Å². The summed E-state index contributed by atoms with van der Waals surface area (Å²) in [6, 6.07) is 6.42. The van der Waals surface area contributed by atoms with Gasteiger partial charge in [-0.1, -0.05) is 18.2 Å². The van der Waals surface area contributed by atoms with Gasteiger partial charge in [-0.05, 0) is 12.1 Å². The number of aromatic nitrogens is 1. The number of carbonyl (C=O) groups excluding carboxylic acids is 1. The molecule has 1 fully saturated rings. The van der Waals surface area contributed by atoms with Gasteiger partial charge in [-0.2, -0.15) is 0 Å². The van der Waals surface area contributed by atoms with Crippen LogP contribution in [-0.4, -0.2) is 42.0 Å². The number of piperazine rings is 1. The molecule has 1 amide bonds. The summed E-state index contributed by atoms with van der Waals surface area (Å²) in [5, 5.41) is 2.94. The highest BCUT2D eigenvalue weighted by Crippen LogP contribution is 2.19. The van der Waals surface area contributed by atoms with Crippen molar-refractivity contribution in [3.8, 4) is 0 Å². The van der Waals surface area contributed by atoms with E-state index in [2.05, 4.69) is 9.88 Å². The van der Waals surface area contributed by atoms with Gasteiger partial charge in [-0.15, -0.1) is 11.3 Å². The average molecular weight is 317 g/mol. The summed E-state index contributed by atoms with van der Waals surface area (Å²) in [5.74, 6) is -0.401. The minimum Gasteiger partial charge on any atom is -0.345 e. The van der Waals surface area contributed by atoms with Crippen LogP contribution >= 0.6 is 11.3 Å². The molecule has 0 N–H and O–H groups in total. The molecule has 0 radical (unpaired) electrons. The quantitative estimate of drug-likeness (QED) is 0.817. The second-order valence-corrected chi connectivity index (χ2v) is 5.85. The highest BCUT2D eigenvalue weighted by Gasteiger charge is 2.20. The van der Waals surface area contributed by atoms with Gasteiger partial charge in [0.15, 0.2) is 5.13 Å². The second kappa shape index (κ2) is 6.70. The maximum Gasteiger partial charge on any atom is 0.246 e. The van der Waals surface area contributed by atoms with Crippen molar-refractivity contribution in [3.63, 3.8) is 0 Å². The SMILES string of the molecule is O=C(C=Cc1ccccc1F)N1CCN(c2nccs2)CC1. The lowest BCUT2D eigenvalue weighted by atomic mass is 10.2. The Bertz CT molecular complexity index is 664. The molecular formula is C16H16FN3OS. The van der Waals surface area contributed by atoms with Gasteiger partial charge in [0.1, 0.15) is 5.82 Å². The van der Waals surface area contributed by atoms with E-state index in [9.17, 15) is 9.18 Å². The molecule has 1 aliphatic heterocycles. The minimum atomic E-state index is -0.319. The van der Waals surface area contributed by atoms with Crippen molar-refractivity contribution in [2.24, 2.45) is 0 Å². The van der Waals surface area contributed by atoms with E-state index in [1.54, 1.807) is 40.6 Å². The van der Waals surface area contributed by atoms with Gasteiger partial charge in [0.05, 0.1) is 0 Å². The number of benzene rings is 1. The van der Waals surface area contributed by atoms with E-state index < -0.39 is 0 Å². The van der Waals surface area contributed by atoms with Crippen LogP contribution in [-0.2, 0) is 4.79 Å². The fraction of sp³-hybridized carbons (Fsp3) is 0.250. The maximum absolute atomic E-state index is 13.5. The Morgan fingerprint density at radius 1 is 1.23 bits per heavy atom. The molecule has 3 rings (SSSR count). The Morgan fingerprint density at radius 3 is 2.68 bits per heavy atom. The zero-order chi connectivity index (χ0) is 15.4. The summed E-state index contributed by atoms with van der Waals surface area (Å²) in [5.41, 5.74) is 0.428. The molecule has 0 spiro atoms. The van der Waals surface area contributed by atoms with Gasteiger partial charge in [0.25, 0.3) is 0 Å². The van der Waals surface area contributed by atoms with Crippen LogP contribution < -0.4 is 4.90 Å². The third-order valence-electron chi connectivity index (χ3n) is 3.59. The van der Waals surface area contributed by atoms with Crippen LogP contribution in [0.2, 0.25) is 0 Å². The molecule has 4 nitrogen and oxygen atoms in total. The van der Waals surface area contributed by atoms with Gasteiger partial charge in [0, 0.05) is 49.4 Å². The Morgan fingerprint density at radius 2 is 2.00 bits per heavy atom. The summed E-state index contributed by atoms with van der Waals surface area (Å²) in [7, 11) is 0. The normalized spacial score (nSPS) is 15.5. The van der Waals surface area contributed by atoms with Gasteiger partial charge < -0.3 is 9.80 Å². The van der Waals surface area contributed by atoms with Crippen molar-refractivity contribution >= 4 is 28.5 Å². The van der Waals surface area contributed by atoms with Crippen molar-refractivity contribution in [1.82, 2.24) is 9.88 Å². The number of rotatable bonds is 3. The van der Waals surface area contributed by atoms with Gasteiger partial charge in [-0.3, -0.25) is 4.79 Å². The van der Waals surface area contributed by atoms with Crippen LogP contribution in [0.15, 0.2) is 41.9 Å². The van der Waals surface area contributed by atoms with Crippen LogP contribution in [0.4, 0.5) is 9.52 Å². The molecule has 1 aromatic carbocycles. The van der Waals surface area contributed by atoms with Crippen molar-refractivity contribution in [2.45, 2.75) is 0 Å². The Hall–Kier alpha value is -2.21. The predicted molar refractivity (Wildman–Crippen MR) is 86.3 cm³/mol. The predicted octanol–water partition coefficient (Wildman–Crippen LogP) is 2.64. The molecule has 2 heterocycles. The van der Waals surface area contributed by atoms with Gasteiger partial charge in [-0.25, -0.2) is 9.37 Å². The van der Waals surface area contributed by atoms with Gasteiger partial charge >= 0.3 is 0 Å². The number of carbonyl (C=O) groups is 1. The van der Waals surface area contributed by atoms with Crippen LogP contribution in [0.3, 0.4) is 0 Å². The van der Waals surface area contributed by atoms with E-state index in [4.69, 9.17) is 0 Å². The summed E-state index contributed by atoms with van der Waals surface area (Å²) in [6.45, 7) is 2.85. The van der Waals surface area contributed by atoms with E-state index in [1.165, 1.54) is 18.2 Å². The summed E-state index contributed by atoms with van der Waals surface area (Å²) >= 11 is 1.60. The highest BCUT2D eigenvalue weighted by atomic mass is 32.1. The number of hydrogen-bond acceptors (Lipinski definition) is 4. The third-order valence-corrected chi connectivity index (χ3v) is 4.42. The number of nitrogens with zero attached hydrogens (tertiary/aromatic N) is 3. The first kappa shape index (κ1) is 14.7. The van der Waals surface area contributed by atoms with E-state index in [-0.39, 0.29) is 11.7 Å². The standard InChI is InChI=1S/C16H16FN3OS/c17-14-4-2-1-3-13(14)5-6-15(21)19-8-10-20(11-9-19)16-18-7-12-22-16/h1-7,12H,8-11H2. The average Bonchev–Trinajstić information content (AvgIpc) is 3.08.